The Morgan fingerprint density at radius 2 is 1.82 bits per heavy atom. The van der Waals surface area contributed by atoms with E-state index in [-0.39, 0.29) is 12.5 Å². The van der Waals surface area contributed by atoms with E-state index < -0.39 is 0 Å². The minimum absolute atomic E-state index is 0.255. The zero-order chi connectivity index (χ0) is 23.5. The molecule has 0 spiro atoms. The number of aliphatic imine (C=N–C) groups is 2. The Hall–Kier alpha value is -3.80. The number of aliphatic hydroxyl groups excluding tert-OH is 1. The van der Waals surface area contributed by atoms with Crippen LogP contribution in [0.2, 0.25) is 0 Å². The van der Waals surface area contributed by atoms with Crippen molar-refractivity contribution in [2.24, 2.45) is 9.98 Å². The molecule has 2 aliphatic heterocycles. The molecule has 2 aliphatic rings. The third kappa shape index (κ3) is 7.68. The van der Waals surface area contributed by atoms with Crippen molar-refractivity contribution in [3.63, 3.8) is 0 Å². The van der Waals surface area contributed by atoms with Crippen LogP contribution in [0.15, 0.2) is 99.9 Å². The Labute approximate surface area is 200 Å². The van der Waals surface area contributed by atoms with Crippen LogP contribution in [0, 0.1) is 12.6 Å². The van der Waals surface area contributed by atoms with Gasteiger partial charge >= 0.3 is 118 Å². The summed E-state index contributed by atoms with van der Waals surface area (Å²) in [5.41, 5.74) is 12.9. The van der Waals surface area contributed by atoms with Gasteiger partial charge in [-0.25, -0.2) is 0 Å². The second-order valence-corrected chi connectivity index (χ2v) is 6.90. The summed E-state index contributed by atoms with van der Waals surface area (Å²) in [4.78, 5) is 13.7. The Morgan fingerprint density at radius 3 is 2.48 bits per heavy atom. The van der Waals surface area contributed by atoms with Crippen molar-refractivity contribution in [2.75, 3.05) is 6.79 Å². The Kier molecular flexibility index (Phi) is 8.89. The van der Waals surface area contributed by atoms with E-state index in [0.29, 0.717) is 5.75 Å². The molecule has 0 unspecified atom stereocenters. The summed E-state index contributed by atoms with van der Waals surface area (Å²) in [7, 11) is 0. The number of H-pyrrole nitrogens is 1. The average molecular weight is 480 g/mol. The van der Waals surface area contributed by atoms with Crippen LogP contribution >= 0.6 is 0 Å². The molecular weight excluding hydrogens is 459 g/mol. The SMILES string of the molecule is OCOc1c[c-]ccc1.[CH-]=CC([NH-])=Cc1ccc(C=C2C=CC(C=C3C=CC([CH]=[Ni])=N3)=N2)[nH]1. The van der Waals surface area contributed by atoms with Gasteiger partial charge in [0.25, 0.3) is 0 Å². The summed E-state index contributed by atoms with van der Waals surface area (Å²) >= 11 is 4.57. The zero-order valence-corrected chi connectivity index (χ0v) is 18.5. The first-order valence-electron chi connectivity index (χ1n) is 9.83. The monoisotopic (exact) mass is 479 g/mol. The molecule has 0 bridgehead atoms. The molecule has 0 amide bonds. The number of nitrogens with one attached hydrogen (secondary N) is 2. The molecule has 7 heteroatoms. The summed E-state index contributed by atoms with van der Waals surface area (Å²) in [6, 6.07) is 13.6. The maximum absolute atomic E-state index is 8.28. The van der Waals surface area contributed by atoms with Crippen molar-refractivity contribution < 1.29 is 24.9 Å². The van der Waals surface area contributed by atoms with Gasteiger partial charge in [-0.05, 0) is 0 Å². The third-order valence-corrected chi connectivity index (χ3v) is 4.48. The minimum atomic E-state index is -0.280. The molecule has 0 fully saturated rings. The van der Waals surface area contributed by atoms with Crippen LogP contribution < -0.4 is 4.74 Å². The summed E-state index contributed by atoms with van der Waals surface area (Å²) < 4.78 is 4.73. The fourth-order valence-corrected chi connectivity index (χ4v) is 2.91. The van der Waals surface area contributed by atoms with Gasteiger partial charge in [0.1, 0.15) is 0 Å². The molecule has 1 aromatic carbocycles. The fourth-order valence-electron chi connectivity index (χ4n) is 2.75. The molecule has 0 saturated heterocycles. The molecule has 0 radical (unpaired) electrons. The number of allylic oxidation sites excluding steroid dienone is 6. The van der Waals surface area contributed by atoms with Gasteiger partial charge in [-0.15, -0.1) is 18.2 Å². The molecule has 6 nitrogen and oxygen atoms in total. The van der Waals surface area contributed by atoms with Gasteiger partial charge in [0.15, 0.2) is 6.79 Å². The zero-order valence-electron chi connectivity index (χ0n) is 17.5. The number of ether oxygens (including phenoxy) is 1. The molecular formula is C26H21N4NiO2-3. The summed E-state index contributed by atoms with van der Waals surface area (Å²) in [5, 5.41) is 8.28. The molecule has 0 aliphatic carbocycles. The van der Waals surface area contributed by atoms with Gasteiger partial charge in [-0.3, -0.25) is 12.7 Å². The van der Waals surface area contributed by atoms with Gasteiger partial charge in [-0.2, -0.15) is 18.2 Å². The van der Waals surface area contributed by atoms with E-state index in [0.717, 1.165) is 34.2 Å². The van der Waals surface area contributed by atoms with E-state index in [1.165, 1.54) is 6.08 Å². The number of aliphatic hydroxyl groups is 1. The standard InChI is InChI=1S/C19H14N4.C7H7O2.Ni/c1-3-14(20)10-15-6-7-18(22-15)12-19-9-8-17(23-19)11-16-5-4-13(2)21-16;8-6-9-7-4-2-1-3-5-7;/h1-12,20,22H;1-2,4-5,8H,6H2;/q-2;-1;. The van der Waals surface area contributed by atoms with Gasteiger partial charge in [0.2, 0.25) is 0 Å². The summed E-state index contributed by atoms with van der Waals surface area (Å²) in [6.07, 6.45) is 14.4. The fraction of sp³-hybridized carbons (Fsp3) is 0.0385. The first-order valence-corrected chi connectivity index (χ1v) is 10.4. The van der Waals surface area contributed by atoms with Gasteiger partial charge in [0.05, 0.1) is 0 Å². The number of hydrogen-bond donors (Lipinski definition) is 2. The summed E-state index contributed by atoms with van der Waals surface area (Å²) in [6.45, 7) is 5.02. The first-order chi connectivity index (χ1) is 16.1. The van der Waals surface area contributed by atoms with Crippen molar-refractivity contribution in [3.8, 4) is 5.75 Å². The predicted octanol–water partition coefficient (Wildman–Crippen LogP) is 4.81. The Morgan fingerprint density at radius 1 is 1.09 bits per heavy atom. The quantitative estimate of drug-likeness (QED) is 0.258. The van der Waals surface area contributed by atoms with E-state index in [1.54, 1.807) is 35.3 Å². The van der Waals surface area contributed by atoms with E-state index in [9.17, 15) is 0 Å². The van der Waals surface area contributed by atoms with Crippen molar-refractivity contribution >= 4 is 28.6 Å². The van der Waals surface area contributed by atoms with Gasteiger partial charge in [0, 0.05) is 5.75 Å². The number of benzene rings is 1. The normalized spacial score (nSPS) is 17.0. The molecule has 33 heavy (non-hydrogen) atoms. The second kappa shape index (κ2) is 12.3. The van der Waals surface area contributed by atoms with Crippen LogP contribution in [0.1, 0.15) is 11.4 Å². The van der Waals surface area contributed by atoms with Crippen LogP contribution in [-0.2, 0) is 15.0 Å². The Bertz CT molecular complexity index is 1210. The van der Waals surface area contributed by atoms with Crippen molar-refractivity contribution in [1.82, 2.24) is 4.98 Å². The summed E-state index contributed by atoms with van der Waals surface area (Å²) in [5.74, 6) is 0.639. The van der Waals surface area contributed by atoms with Crippen LogP contribution in [0.5, 0.6) is 5.75 Å². The maximum atomic E-state index is 8.28. The second-order valence-electron chi connectivity index (χ2n) is 6.62. The number of nitrogens with zero attached hydrogens (tertiary/aromatic N) is 2. The van der Waals surface area contributed by atoms with E-state index in [4.69, 9.17) is 22.2 Å². The Balaban J connectivity index is 0.000000286. The molecule has 0 saturated carbocycles. The molecule has 4 rings (SSSR count). The number of aromatic amines is 1. The van der Waals surface area contributed by atoms with Crippen LogP contribution in [0.3, 0.4) is 0 Å². The molecule has 2 aromatic rings. The van der Waals surface area contributed by atoms with Gasteiger partial charge < -0.3 is 21.3 Å². The molecule has 3 heterocycles. The average Bonchev–Trinajstić information content (AvgIpc) is 3.58. The molecule has 1 aromatic heterocycles. The number of hydrogen-bond acceptors (Lipinski definition) is 4. The topological polar surface area (TPSA) is 93.8 Å². The molecule has 3 N–H and O–H groups in total. The van der Waals surface area contributed by atoms with Crippen LogP contribution in [0.4, 0.5) is 0 Å². The van der Waals surface area contributed by atoms with E-state index in [2.05, 4.69) is 36.1 Å². The predicted molar refractivity (Wildman–Crippen MR) is 130 cm³/mol. The third-order valence-electron chi connectivity index (χ3n) is 4.19. The number of rotatable bonds is 7. The molecule has 0 atom stereocenters. The molecule has 170 valence electrons. The van der Waals surface area contributed by atoms with Crippen molar-refractivity contribution in [1.29, 1.82) is 0 Å². The van der Waals surface area contributed by atoms with E-state index in [1.807, 2.05) is 48.6 Å². The van der Waals surface area contributed by atoms with Crippen molar-refractivity contribution in [3.05, 3.63) is 120 Å². The van der Waals surface area contributed by atoms with Crippen molar-refractivity contribution in [2.45, 2.75) is 0 Å². The van der Waals surface area contributed by atoms with Gasteiger partial charge in [-0.1, -0.05) is 0 Å². The first kappa shape index (κ1) is 23.9. The number of aromatic nitrogens is 1. The van der Waals surface area contributed by atoms with E-state index >= 15 is 0 Å². The van der Waals surface area contributed by atoms with Crippen LogP contribution in [0.25, 0.3) is 17.9 Å². The van der Waals surface area contributed by atoms with Crippen LogP contribution in [-0.4, -0.2) is 33.3 Å².